The Bertz CT molecular complexity index is 763. The molecule has 0 aromatic heterocycles. The Kier molecular flexibility index (Phi) is 6.61. The molecule has 0 aromatic carbocycles. The summed E-state index contributed by atoms with van der Waals surface area (Å²) >= 11 is 0. The molecule has 0 amide bonds. The molecule has 0 heterocycles. The molecular weight excluding hydrogens is 416 g/mol. The van der Waals surface area contributed by atoms with E-state index >= 15 is 0 Å². The average molecular weight is 463 g/mol. The molecule has 6 heteroatoms. The highest BCUT2D eigenvalue weighted by molar-refractivity contribution is 6.69. The van der Waals surface area contributed by atoms with Crippen LogP contribution in [0.25, 0.3) is 0 Å². The molecule has 4 fully saturated rings. The Labute approximate surface area is 196 Å². The van der Waals surface area contributed by atoms with Crippen LogP contribution in [-0.4, -0.2) is 40.1 Å². The molecule has 0 spiro atoms. The van der Waals surface area contributed by atoms with Gasteiger partial charge in [-0.3, -0.25) is 0 Å². The predicted molar refractivity (Wildman–Crippen MR) is 133 cm³/mol. The van der Waals surface area contributed by atoms with Crippen LogP contribution in [0.3, 0.4) is 0 Å². The van der Waals surface area contributed by atoms with E-state index in [-0.39, 0.29) is 5.41 Å². The van der Waals surface area contributed by atoms with Crippen molar-refractivity contribution >= 4 is 19.7 Å². The van der Waals surface area contributed by atoms with Crippen molar-refractivity contribution < 1.29 is 14.1 Å². The lowest BCUT2D eigenvalue weighted by Gasteiger charge is -2.61. The van der Waals surface area contributed by atoms with E-state index in [1.807, 2.05) is 0 Å². The summed E-state index contributed by atoms with van der Waals surface area (Å²) in [5.41, 5.74) is 2.99. The molecule has 3 unspecified atom stereocenters. The van der Waals surface area contributed by atoms with Gasteiger partial charge in [-0.15, -0.1) is 0 Å². The maximum atomic E-state index is 6.59. The summed E-state index contributed by atoms with van der Waals surface area (Å²) in [6, 6.07) is 0. The van der Waals surface area contributed by atoms with Gasteiger partial charge < -0.3 is 14.1 Å². The van der Waals surface area contributed by atoms with E-state index < -0.39 is 8.32 Å². The van der Waals surface area contributed by atoms with Gasteiger partial charge in [0, 0.05) is 17.9 Å². The van der Waals surface area contributed by atoms with Crippen LogP contribution in [0.1, 0.15) is 72.1 Å². The second-order valence-electron chi connectivity index (χ2n) is 12.6. The van der Waals surface area contributed by atoms with Gasteiger partial charge >= 0.3 is 0 Å². The molecule has 4 aliphatic rings. The first kappa shape index (κ1) is 24.2. The standard InChI is InChI=1S/C26H46N2O3Si/c1-17(27-29-4)21-11-12-22-20-10-9-18-15-19(31-32(6,7)8)13-14-25(18,2)24(20)23(28-30-5)16-26(21,22)3/h18-22,24H,9-16H2,1-8H3/t18-,19-,20?,21-,22?,24?,25+,26-/m1/s1. The maximum absolute atomic E-state index is 6.59. The summed E-state index contributed by atoms with van der Waals surface area (Å²) in [7, 11) is 1.88. The van der Waals surface area contributed by atoms with Gasteiger partial charge in [0.2, 0.25) is 0 Å². The Morgan fingerprint density at radius 3 is 2.38 bits per heavy atom. The highest BCUT2D eigenvalue weighted by atomic mass is 28.4. The Morgan fingerprint density at radius 1 is 0.969 bits per heavy atom. The summed E-state index contributed by atoms with van der Waals surface area (Å²) in [5, 5.41) is 9.12. The van der Waals surface area contributed by atoms with Crippen LogP contribution in [0.2, 0.25) is 19.6 Å². The molecule has 0 bridgehead atoms. The molecule has 4 rings (SSSR count). The second kappa shape index (κ2) is 8.72. The molecule has 4 saturated carbocycles. The third-order valence-corrected chi connectivity index (χ3v) is 10.8. The van der Waals surface area contributed by atoms with Gasteiger partial charge in [0.15, 0.2) is 8.32 Å². The molecule has 0 radical (unpaired) electrons. The minimum absolute atomic E-state index is 0.200. The van der Waals surface area contributed by atoms with E-state index in [4.69, 9.17) is 19.3 Å². The maximum Gasteiger partial charge on any atom is 0.184 e. The zero-order valence-electron chi connectivity index (χ0n) is 21.7. The van der Waals surface area contributed by atoms with Crippen molar-refractivity contribution in [2.24, 2.45) is 50.7 Å². The Morgan fingerprint density at radius 2 is 1.72 bits per heavy atom. The van der Waals surface area contributed by atoms with Crippen LogP contribution in [0.5, 0.6) is 0 Å². The topological polar surface area (TPSA) is 52.4 Å². The lowest BCUT2D eigenvalue weighted by molar-refractivity contribution is -0.0791. The highest BCUT2D eigenvalue weighted by Crippen LogP contribution is 2.67. The Balaban J connectivity index is 1.64. The number of fused-ring (bicyclic) bond motifs is 5. The van der Waals surface area contributed by atoms with Crippen molar-refractivity contribution in [2.45, 2.75) is 97.9 Å². The number of nitrogens with zero attached hydrogens (tertiary/aromatic N) is 2. The number of hydrogen-bond acceptors (Lipinski definition) is 5. The number of rotatable bonds is 5. The van der Waals surface area contributed by atoms with Crippen molar-refractivity contribution in [1.82, 2.24) is 0 Å². The monoisotopic (exact) mass is 462 g/mol. The van der Waals surface area contributed by atoms with Gasteiger partial charge in [0.25, 0.3) is 0 Å². The summed E-state index contributed by atoms with van der Waals surface area (Å²) < 4.78 is 6.59. The van der Waals surface area contributed by atoms with Crippen LogP contribution >= 0.6 is 0 Å². The first-order valence-electron chi connectivity index (χ1n) is 12.9. The van der Waals surface area contributed by atoms with Gasteiger partial charge in [0.05, 0.1) is 11.4 Å². The quantitative estimate of drug-likeness (QED) is 0.266. The molecule has 5 nitrogen and oxygen atoms in total. The molecular formula is C26H46N2O3Si. The summed E-state index contributed by atoms with van der Waals surface area (Å²) in [6.07, 6.45) is 10.4. The van der Waals surface area contributed by atoms with Crippen LogP contribution in [-0.2, 0) is 14.1 Å². The molecule has 8 atom stereocenters. The molecule has 32 heavy (non-hydrogen) atoms. The van der Waals surface area contributed by atoms with Crippen LogP contribution in [0.15, 0.2) is 10.3 Å². The van der Waals surface area contributed by atoms with Gasteiger partial charge in [-0.2, -0.15) is 0 Å². The minimum atomic E-state index is -1.50. The highest BCUT2D eigenvalue weighted by Gasteiger charge is 2.63. The van der Waals surface area contributed by atoms with E-state index in [9.17, 15) is 0 Å². The van der Waals surface area contributed by atoms with E-state index in [1.165, 1.54) is 50.7 Å². The van der Waals surface area contributed by atoms with Gasteiger partial charge in [-0.25, -0.2) is 0 Å². The fourth-order valence-electron chi connectivity index (χ4n) is 8.78. The summed E-state index contributed by atoms with van der Waals surface area (Å²) in [6.45, 7) is 14.2. The molecule has 0 aliphatic heterocycles. The van der Waals surface area contributed by atoms with E-state index in [1.54, 1.807) is 14.2 Å². The largest absolute Gasteiger partial charge is 0.415 e. The molecule has 0 aromatic rings. The van der Waals surface area contributed by atoms with Crippen molar-refractivity contribution in [3.05, 3.63) is 0 Å². The van der Waals surface area contributed by atoms with E-state index in [2.05, 4.69) is 45.6 Å². The van der Waals surface area contributed by atoms with Crippen molar-refractivity contribution in [1.29, 1.82) is 0 Å². The van der Waals surface area contributed by atoms with Gasteiger partial charge in [0.1, 0.15) is 14.2 Å². The number of hydrogen-bond donors (Lipinski definition) is 0. The van der Waals surface area contributed by atoms with Gasteiger partial charge in [-0.1, -0.05) is 24.2 Å². The SMILES string of the molecule is CON=C1C[C@@]2(C)C(CC[C@@H]2C(C)=NOC)C2CC[C@@H]3C[C@H](O[Si](C)(C)C)CC[C@]3(C)C12. The third kappa shape index (κ3) is 4.08. The zero-order valence-corrected chi connectivity index (χ0v) is 22.7. The van der Waals surface area contributed by atoms with Crippen LogP contribution in [0.4, 0.5) is 0 Å². The average Bonchev–Trinajstić information content (AvgIpc) is 3.04. The minimum Gasteiger partial charge on any atom is -0.415 e. The van der Waals surface area contributed by atoms with Crippen molar-refractivity contribution in [2.75, 3.05) is 14.2 Å². The molecule has 182 valence electrons. The summed E-state index contributed by atoms with van der Waals surface area (Å²) in [4.78, 5) is 10.7. The summed E-state index contributed by atoms with van der Waals surface area (Å²) in [5.74, 6) is 3.20. The normalized spacial score (nSPS) is 45.8. The molecule has 0 N–H and O–H groups in total. The lowest BCUT2D eigenvalue weighted by Crippen LogP contribution is -2.58. The second-order valence-corrected chi connectivity index (χ2v) is 17.1. The zero-order chi connectivity index (χ0) is 23.3. The van der Waals surface area contributed by atoms with Crippen molar-refractivity contribution in [3.8, 4) is 0 Å². The fraction of sp³-hybridized carbons (Fsp3) is 0.923. The first-order chi connectivity index (χ1) is 15.0. The smallest absolute Gasteiger partial charge is 0.184 e. The lowest BCUT2D eigenvalue weighted by atomic mass is 9.44. The number of oxime groups is 2. The molecule has 4 aliphatic carbocycles. The van der Waals surface area contributed by atoms with E-state index in [0.29, 0.717) is 29.3 Å². The van der Waals surface area contributed by atoms with E-state index in [0.717, 1.165) is 24.0 Å². The molecule has 0 saturated heterocycles. The van der Waals surface area contributed by atoms with Crippen LogP contribution < -0.4 is 0 Å². The fourth-order valence-corrected chi connectivity index (χ4v) is 9.99. The van der Waals surface area contributed by atoms with Crippen LogP contribution in [0, 0.1) is 40.4 Å². The first-order valence-corrected chi connectivity index (χ1v) is 16.3. The third-order valence-electron chi connectivity index (χ3n) is 9.79. The van der Waals surface area contributed by atoms with Gasteiger partial charge in [-0.05, 0) is 107 Å². The Hall–Kier alpha value is -0.883. The predicted octanol–water partition coefficient (Wildman–Crippen LogP) is 6.50. The van der Waals surface area contributed by atoms with Crippen molar-refractivity contribution in [3.63, 3.8) is 0 Å².